The maximum Gasteiger partial charge on any atom is 0.336 e. The van der Waals surface area contributed by atoms with Crippen LogP contribution in [0.1, 0.15) is 10.4 Å². The largest absolute Gasteiger partial charge is 0.478 e. The monoisotopic (exact) mass is 276 g/mol. The number of benzene rings is 2. The van der Waals surface area contributed by atoms with Crippen molar-refractivity contribution >= 4 is 29.8 Å². The third-order valence-electron chi connectivity index (χ3n) is 3.32. The van der Waals surface area contributed by atoms with Crippen LogP contribution in [-0.4, -0.2) is 28.6 Å². The van der Waals surface area contributed by atoms with Gasteiger partial charge in [-0.05, 0) is 24.3 Å². The van der Waals surface area contributed by atoms with E-state index in [0.717, 1.165) is 18.7 Å². The van der Waals surface area contributed by atoms with Crippen molar-refractivity contribution in [1.29, 1.82) is 0 Å². The SMILES string of the molecule is O=C(O)c1cccc2nc(-c3ccc([B]O)cc3)ccc12. The Hall–Kier alpha value is -2.66. The zero-order valence-corrected chi connectivity index (χ0v) is 11.0. The van der Waals surface area contributed by atoms with Crippen molar-refractivity contribution in [3.63, 3.8) is 0 Å². The second-order valence-corrected chi connectivity index (χ2v) is 4.63. The lowest BCUT2D eigenvalue weighted by Gasteiger charge is -2.06. The minimum Gasteiger partial charge on any atom is -0.478 e. The third kappa shape index (κ3) is 2.51. The zero-order valence-electron chi connectivity index (χ0n) is 11.0. The van der Waals surface area contributed by atoms with Crippen molar-refractivity contribution < 1.29 is 14.9 Å². The molecule has 0 saturated carbocycles. The minimum absolute atomic E-state index is 0.247. The van der Waals surface area contributed by atoms with Crippen LogP contribution in [-0.2, 0) is 0 Å². The normalized spacial score (nSPS) is 10.5. The van der Waals surface area contributed by atoms with E-state index in [1.165, 1.54) is 0 Å². The first-order chi connectivity index (χ1) is 10.2. The van der Waals surface area contributed by atoms with Gasteiger partial charge in [0.1, 0.15) is 0 Å². The maximum atomic E-state index is 11.2. The lowest BCUT2D eigenvalue weighted by Crippen LogP contribution is -2.11. The van der Waals surface area contributed by atoms with Crippen molar-refractivity contribution in [3.8, 4) is 11.3 Å². The van der Waals surface area contributed by atoms with E-state index in [-0.39, 0.29) is 5.56 Å². The van der Waals surface area contributed by atoms with Crippen molar-refractivity contribution in [2.45, 2.75) is 0 Å². The fraction of sp³-hybridized carbons (Fsp3) is 0. The van der Waals surface area contributed by atoms with Gasteiger partial charge < -0.3 is 10.1 Å². The molecule has 0 spiro atoms. The van der Waals surface area contributed by atoms with Gasteiger partial charge in [-0.3, -0.25) is 0 Å². The van der Waals surface area contributed by atoms with Gasteiger partial charge >= 0.3 is 13.5 Å². The van der Waals surface area contributed by atoms with Crippen molar-refractivity contribution in [2.24, 2.45) is 0 Å². The van der Waals surface area contributed by atoms with Crippen LogP contribution in [0, 0.1) is 0 Å². The van der Waals surface area contributed by atoms with Gasteiger partial charge in [0.25, 0.3) is 0 Å². The smallest absolute Gasteiger partial charge is 0.336 e. The van der Waals surface area contributed by atoms with Crippen LogP contribution >= 0.6 is 0 Å². The van der Waals surface area contributed by atoms with Gasteiger partial charge in [-0.1, -0.05) is 35.8 Å². The molecule has 3 aromatic rings. The van der Waals surface area contributed by atoms with Crippen molar-refractivity contribution in [1.82, 2.24) is 4.98 Å². The molecule has 1 heterocycles. The number of nitrogens with zero attached hydrogens (tertiary/aromatic N) is 1. The number of aromatic nitrogens is 1. The first kappa shape index (κ1) is 13.3. The summed E-state index contributed by atoms with van der Waals surface area (Å²) in [5.41, 5.74) is 3.27. The summed E-state index contributed by atoms with van der Waals surface area (Å²) in [6.45, 7) is 0. The van der Waals surface area contributed by atoms with Crippen LogP contribution in [0.4, 0.5) is 0 Å². The van der Waals surface area contributed by atoms with E-state index in [9.17, 15) is 9.90 Å². The lowest BCUT2D eigenvalue weighted by atomic mass is 9.88. The van der Waals surface area contributed by atoms with E-state index in [1.54, 1.807) is 42.5 Å². The molecule has 0 aliphatic rings. The lowest BCUT2D eigenvalue weighted by molar-refractivity contribution is 0.0699. The van der Waals surface area contributed by atoms with Gasteiger partial charge in [-0.15, -0.1) is 0 Å². The average Bonchev–Trinajstić information content (AvgIpc) is 2.53. The number of carboxylic acids is 1. The Kier molecular flexibility index (Phi) is 3.42. The van der Waals surface area contributed by atoms with Crippen LogP contribution in [0.2, 0.25) is 0 Å². The van der Waals surface area contributed by atoms with Gasteiger partial charge in [0.15, 0.2) is 0 Å². The summed E-state index contributed by atoms with van der Waals surface area (Å²) in [5.74, 6) is -0.960. The number of carboxylic acid groups (broad SMARTS) is 1. The molecule has 0 aliphatic heterocycles. The van der Waals surface area contributed by atoms with E-state index in [4.69, 9.17) is 5.02 Å². The second kappa shape index (κ2) is 5.38. The molecule has 21 heavy (non-hydrogen) atoms. The predicted octanol–water partition coefficient (Wildman–Crippen LogP) is 1.84. The molecule has 0 fully saturated rings. The van der Waals surface area contributed by atoms with Crippen LogP contribution < -0.4 is 5.46 Å². The highest BCUT2D eigenvalue weighted by Gasteiger charge is 2.09. The number of rotatable bonds is 3. The number of carbonyl (C=O) groups is 1. The molecule has 1 aromatic heterocycles. The van der Waals surface area contributed by atoms with E-state index in [2.05, 4.69) is 4.98 Å². The fourth-order valence-corrected chi connectivity index (χ4v) is 2.24. The molecule has 101 valence electrons. The van der Waals surface area contributed by atoms with Crippen LogP contribution in [0.15, 0.2) is 54.6 Å². The Morgan fingerprint density at radius 3 is 2.43 bits per heavy atom. The summed E-state index contributed by atoms with van der Waals surface area (Å²) in [6, 6.07) is 15.9. The van der Waals surface area contributed by atoms with Crippen LogP contribution in [0.5, 0.6) is 0 Å². The highest BCUT2D eigenvalue weighted by atomic mass is 16.4. The van der Waals surface area contributed by atoms with Crippen LogP contribution in [0.25, 0.3) is 22.2 Å². The molecule has 4 nitrogen and oxygen atoms in total. The molecular weight excluding hydrogens is 265 g/mol. The zero-order chi connectivity index (χ0) is 14.8. The molecule has 5 heteroatoms. The Morgan fingerprint density at radius 2 is 1.76 bits per heavy atom. The Labute approximate surface area is 122 Å². The minimum atomic E-state index is -0.960. The molecular formula is C16H11BNO3. The fourth-order valence-electron chi connectivity index (χ4n) is 2.24. The van der Waals surface area contributed by atoms with Crippen molar-refractivity contribution in [3.05, 3.63) is 60.2 Å². The number of hydrogen-bond donors (Lipinski definition) is 2. The molecule has 0 bridgehead atoms. The second-order valence-electron chi connectivity index (χ2n) is 4.63. The predicted molar refractivity (Wildman–Crippen MR) is 81.7 cm³/mol. The maximum absolute atomic E-state index is 11.2. The quantitative estimate of drug-likeness (QED) is 0.716. The van der Waals surface area contributed by atoms with Gasteiger partial charge in [-0.25, -0.2) is 9.78 Å². The van der Waals surface area contributed by atoms with E-state index in [1.807, 2.05) is 12.1 Å². The molecule has 0 amide bonds. The van der Waals surface area contributed by atoms with Gasteiger partial charge in [0, 0.05) is 10.9 Å². The first-order valence-electron chi connectivity index (χ1n) is 6.40. The highest BCUT2D eigenvalue weighted by Crippen LogP contribution is 2.22. The molecule has 0 aliphatic carbocycles. The Bertz CT molecular complexity index is 815. The molecule has 3 rings (SSSR count). The van der Waals surface area contributed by atoms with Gasteiger partial charge in [-0.2, -0.15) is 0 Å². The summed E-state index contributed by atoms with van der Waals surface area (Å²) in [7, 11) is 1.04. The van der Waals surface area contributed by atoms with E-state index >= 15 is 0 Å². The van der Waals surface area contributed by atoms with Crippen molar-refractivity contribution in [2.75, 3.05) is 0 Å². The third-order valence-corrected chi connectivity index (χ3v) is 3.32. The summed E-state index contributed by atoms with van der Waals surface area (Å²) in [4.78, 5) is 15.7. The topological polar surface area (TPSA) is 70.4 Å². The molecule has 2 aromatic carbocycles. The number of pyridine rings is 1. The molecule has 0 unspecified atom stereocenters. The summed E-state index contributed by atoms with van der Waals surface area (Å²) in [6.07, 6.45) is 0. The number of fused-ring (bicyclic) bond motifs is 1. The molecule has 0 saturated heterocycles. The van der Waals surface area contributed by atoms with Gasteiger partial charge in [0.2, 0.25) is 0 Å². The Balaban J connectivity index is 2.10. The number of aromatic carboxylic acids is 1. The Morgan fingerprint density at radius 1 is 1.00 bits per heavy atom. The molecule has 2 N–H and O–H groups in total. The summed E-state index contributed by atoms with van der Waals surface area (Å²) in [5, 5.41) is 18.7. The molecule has 1 radical (unpaired) electrons. The number of hydrogen-bond acceptors (Lipinski definition) is 3. The van der Waals surface area contributed by atoms with E-state index in [0.29, 0.717) is 16.4 Å². The first-order valence-corrected chi connectivity index (χ1v) is 6.40. The van der Waals surface area contributed by atoms with Gasteiger partial charge in [0.05, 0.1) is 16.8 Å². The summed E-state index contributed by atoms with van der Waals surface area (Å²) < 4.78 is 0. The summed E-state index contributed by atoms with van der Waals surface area (Å²) >= 11 is 0. The standard InChI is InChI=1S/C16H11BNO3/c19-16(20)13-2-1-3-15-12(13)8-9-14(18-15)10-4-6-11(17-21)7-5-10/h1-9,21H,(H,19,20). The molecule has 0 atom stereocenters. The van der Waals surface area contributed by atoms with E-state index < -0.39 is 5.97 Å². The average molecular weight is 276 g/mol. The van der Waals surface area contributed by atoms with Crippen LogP contribution in [0.3, 0.4) is 0 Å². The highest BCUT2D eigenvalue weighted by molar-refractivity contribution is 6.45.